The molecule has 174 valence electrons. The van der Waals surface area contributed by atoms with Crippen LogP contribution in [0.4, 0.5) is 17.7 Å². The summed E-state index contributed by atoms with van der Waals surface area (Å²) in [5, 5.41) is 4.52. The van der Waals surface area contributed by atoms with Crippen LogP contribution in [0.5, 0.6) is 5.75 Å². The second-order valence-electron chi connectivity index (χ2n) is 8.48. The number of rotatable bonds is 6. The van der Waals surface area contributed by atoms with E-state index in [1.54, 1.807) is 7.11 Å². The lowest BCUT2D eigenvalue weighted by molar-refractivity contribution is 0.410. The van der Waals surface area contributed by atoms with E-state index >= 15 is 0 Å². The van der Waals surface area contributed by atoms with Crippen molar-refractivity contribution >= 4 is 28.6 Å². The summed E-state index contributed by atoms with van der Waals surface area (Å²) in [4.78, 5) is 23.5. The van der Waals surface area contributed by atoms with E-state index in [4.69, 9.17) is 14.7 Å². The first-order valence-electron chi connectivity index (χ1n) is 11.6. The average Bonchev–Trinajstić information content (AvgIpc) is 2.87. The topological polar surface area (TPSA) is 79.3 Å². The number of methoxy groups -OCH3 is 1. The molecule has 8 heteroatoms. The van der Waals surface area contributed by atoms with E-state index < -0.39 is 0 Å². The van der Waals surface area contributed by atoms with Crippen LogP contribution in [-0.2, 0) is 6.54 Å². The Kier molecular flexibility index (Phi) is 6.12. The summed E-state index contributed by atoms with van der Waals surface area (Å²) in [5.41, 5.74) is 3.99. The molecule has 0 atom stereocenters. The summed E-state index contributed by atoms with van der Waals surface area (Å²) in [7, 11) is 1.69. The Morgan fingerprint density at radius 1 is 0.794 bits per heavy atom. The van der Waals surface area contributed by atoms with Crippen LogP contribution in [0.25, 0.3) is 10.9 Å². The predicted molar refractivity (Wildman–Crippen MR) is 136 cm³/mol. The van der Waals surface area contributed by atoms with E-state index in [-0.39, 0.29) is 0 Å². The largest absolute Gasteiger partial charge is 0.496 e. The van der Waals surface area contributed by atoms with Crippen LogP contribution in [0.1, 0.15) is 17.0 Å². The van der Waals surface area contributed by atoms with E-state index in [0.717, 1.165) is 77.5 Å². The van der Waals surface area contributed by atoms with Gasteiger partial charge in [-0.15, -0.1) is 0 Å². The molecule has 0 radical (unpaired) electrons. The third kappa shape index (κ3) is 4.57. The number of ether oxygens (including phenoxy) is 1. The molecule has 2 aromatic carbocycles. The number of anilines is 3. The Morgan fingerprint density at radius 3 is 2.12 bits per heavy atom. The molecule has 4 aromatic rings. The van der Waals surface area contributed by atoms with Crippen LogP contribution in [0, 0.1) is 13.8 Å². The molecule has 1 N–H and O–H groups in total. The Labute approximate surface area is 199 Å². The number of hydrogen-bond acceptors (Lipinski definition) is 8. The van der Waals surface area contributed by atoms with Crippen LogP contribution in [0.3, 0.4) is 0 Å². The Hall–Kier alpha value is -3.94. The molecular formula is C26H29N7O. The van der Waals surface area contributed by atoms with E-state index in [0.29, 0.717) is 6.54 Å². The number of para-hydroxylation sites is 2. The lowest BCUT2D eigenvalue weighted by Crippen LogP contribution is -2.47. The summed E-state index contributed by atoms with van der Waals surface area (Å²) in [6, 6.07) is 18.1. The molecule has 0 bridgehead atoms. The van der Waals surface area contributed by atoms with E-state index in [9.17, 15) is 0 Å². The van der Waals surface area contributed by atoms with Crippen molar-refractivity contribution < 1.29 is 4.74 Å². The van der Waals surface area contributed by atoms with Gasteiger partial charge in [0.25, 0.3) is 0 Å². The third-order valence-electron chi connectivity index (χ3n) is 6.05. The highest BCUT2D eigenvalue weighted by molar-refractivity contribution is 5.90. The van der Waals surface area contributed by atoms with Crippen LogP contribution in [-0.4, -0.2) is 53.2 Å². The smallest absolute Gasteiger partial charge is 0.228 e. The maximum Gasteiger partial charge on any atom is 0.228 e. The molecule has 1 aliphatic rings. The number of fused-ring (bicyclic) bond motifs is 1. The monoisotopic (exact) mass is 455 g/mol. The molecule has 0 saturated carbocycles. The second kappa shape index (κ2) is 9.51. The van der Waals surface area contributed by atoms with Crippen LogP contribution in [0.2, 0.25) is 0 Å². The minimum absolute atomic E-state index is 0.613. The van der Waals surface area contributed by atoms with Gasteiger partial charge in [0, 0.05) is 55.1 Å². The first kappa shape index (κ1) is 21.9. The molecule has 1 saturated heterocycles. The van der Waals surface area contributed by atoms with Crippen molar-refractivity contribution in [1.82, 2.24) is 19.9 Å². The SMILES string of the molecule is COc1ccccc1CNc1nc(N2CCN(c3nc(C)cc(C)n3)CC2)nc2ccccc12. The number of nitrogens with one attached hydrogen (secondary N) is 1. The molecule has 0 amide bonds. The van der Waals surface area contributed by atoms with Gasteiger partial charge in [0.15, 0.2) is 0 Å². The standard InChI is InChI=1S/C26H29N7O/c1-18-16-19(2)29-25(28-18)32-12-14-33(15-13-32)26-30-22-10-6-5-9-21(22)24(31-26)27-17-20-8-4-7-11-23(20)34-3/h4-11,16H,12-15,17H2,1-3H3,(H,27,30,31). The van der Waals surface area contributed by atoms with Gasteiger partial charge in [0.1, 0.15) is 11.6 Å². The van der Waals surface area contributed by atoms with Crippen molar-refractivity contribution in [3.8, 4) is 5.75 Å². The summed E-state index contributed by atoms with van der Waals surface area (Å²) in [6.45, 7) is 7.89. The van der Waals surface area contributed by atoms with Gasteiger partial charge in [-0.3, -0.25) is 0 Å². The highest BCUT2D eigenvalue weighted by atomic mass is 16.5. The van der Waals surface area contributed by atoms with Crippen molar-refractivity contribution in [2.45, 2.75) is 20.4 Å². The third-order valence-corrected chi connectivity index (χ3v) is 6.05. The van der Waals surface area contributed by atoms with Crippen molar-refractivity contribution in [2.75, 3.05) is 48.4 Å². The number of benzene rings is 2. The highest BCUT2D eigenvalue weighted by Gasteiger charge is 2.22. The summed E-state index contributed by atoms with van der Waals surface area (Å²) >= 11 is 0. The molecule has 0 unspecified atom stereocenters. The molecule has 8 nitrogen and oxygen atoms in total. The fourth-order valence-corrected chi connectivity index (χ4v) is 4.32. The molecule has 1 aliphatic heterocycles. The van der Waals surface area contributed by atoms with E-state index in [1.807, 2.05) is 56.3 Å². The zero-order chi connectivity index (χ0) is 23.5. The first-order chi connectivity index (χ1) is 16.6. The molecule has 34 heavy (non-hydrogen) atoms. The Bertz CT molecular complexity index is 1280. The van der Waals surface area contributed by atoms with Crippen LogP contribution < -0.4 is 19.9 Å². The van der Waals surface area contributed by atoms with E-state index in [2.05, 4.69) is 37.2 Å². The maximum atomic E-state index is 5.51. The average molecular weight is 456 g/mol. The van der Waals surface area contributed by atoms with Crippen molar-refractivity contribution in [2.24, 2.45) is 0 Å². The number of hydrogen-bond donors (Lipinski definition) is 1. The molecule has 1 fully saturated rings. The molecule has 0 aliphatic carbocycles. The lowest BCUT2D eigenvalue weighted by Gasteiger charge is -2.35. The second-order valence-corrected chi connectivity index (χ2v) is 8.48. The van der Waals surface area contributed by atoms with Gasteiger partial charge in [-0.25, -0.2) is 15.0 Å². The van der Waals surface area contributed by atoms with Gasteiger partial charge in [-0.05, 0) is 38.1 Å². The summed E-state index contributed by atoms with van der Waals surface area (Å²) in [6.07, 6.45) is 0. The Morgan fingerprint density at radius 2 is 1.41 bits per heavy atom. The van der Waals surface area contributed by atoms with Gasteiger partial charge in [0.2, 0.25) is 11.9 Å². The van der Waals surface area contributed by atoms with E-state index in [1.165, 1.54) is 0 Å². The van der Waals surface area contributed by atoms with Crippen molar-refractivity contribution in [1.29, 1.82) is 0 Å². The molecular weight excluding hydrogens is 426 g/mol. The lowest BCUT2D eigenvalue weighted by atomic mass is 10.2. The number of aromatic nitrogens is 4. The zero-order valence-electron chi connectivity index (χ0n) is 19.8. The van der Waals surface area contributed by atoms with Gasteiger partial charge < -0.3 is 19.9 Å². The van der Waals surface area contributed by atoms with Gasteiger partial charge >= 0.3 is 0 Å². The fourth-order valence-electron chi connectivity index (χ4n) is 4.32. The number of nitrogens with zero attached hydrogens (tertiary/aromatic N) is 6. The quantitative estimate of drug-likeness (QED) is 0.468. The Balaban J connectivity index is 1.37. The highest BCUT2D eigenvalue weighted by Crippen LogP contribution is 2.26. The van der Waals surface area contributed by atoms with Crippen LogP contribution >= 0.6 is 0 Å². The summed E-state index contributed by atoms with van der Waals surface area (Å²) in [5.74, 6) is 3.22. The fraction of sp³-hybridized carbons (Fsp3) is 0.308. The predicted octanol–water partition coefficient (Wildman–Crippen LogP) is 3.98. The molecule has 2 aromatic heterocycles. The van der Waals surface area contributed by atoms with Gasteiger partial charge in [0.05, 0.1) is 12.6 Å². The number of piperazine rings is 1. The van der Waals surface area contributed by atoms with Crippen molar-refractivity contribution in [3.05, 3.63) is 71.5 Å². The summed E-state index contributed by atoms with van der Waals surface area (Å²) < 4.78 is 5.51. The molecule has 3 heterocycles. The zero-order valence-corrected chi connectivity index (χ0v) is 19.8. The number of aryl methyl sites for hydroxylation is 2. The minimum Gasteiger partial charge on any atom is -0.496 e. The molecule has 5 rings (SSSR count). The first-order valence-corrected chi connectivity index (χ1v) is 11.6. The van der Waals surface area contributed by atoms with Crippen molar-refractivity contribution in [3.63, 3.8) is 0 Å². The minimum atomic E-state index is 0.613. The van der Waals surface area contributed by atoms with Crippen LogP contribution in [0.15, 0.2) is 54.6 Å². The molecule has 0 spiro atoms. The van der Waals surface area contributed by atoms with Gasteiger partial charge in [-0.1, -0.05) is 30.3 Å². The maximum absolute atomic E-state index is 5.51. The normalized spacial score (nSPS) is 13.9. The van der Waals surface area contributed by atoms with Gasteiger partial charge in [-0.2, -0.15) is 4.98 Å².